The van der Waals surface area contributed by atoms with E-state index < -0.39 is 5.91 Å². The van der Waals surface area contributed by atoms with E-state index in [1.54, 1.807) is 53.6 Å². The molecule has 2 heterocycles. The highest BCUT2D eigenvalue weighted by Gasteiger charge is 2.19. The molecule has 0 aliphatic rings. The van der Waals surface area contributed by atoms with Gasteiger partial charge >= 0.3 is 0 Å². The van der Waals surface area contributed by atoms with Crippen LogP contribution in [0.2, 0.25) is 5.02 Å². The fourth-order valence-corrected chi connectivity index (χ4v) is 3.12. The van der Waals surface area contributed by atoms with Crippen LogP contribution in [-0.2, 0) is 11.2 Å². The van der Waals surface area contributed by atoms with Gasteiger partial charge < -0.3 is 0 Å². The van der Waals surface area contributed by atoms with Gasteiger partial charge in [0.05, 0.1) is 17.7 Å². The molecule has 0 bridgehead atoms. The molecule has 0 radical (unpaired) electrons. The van der Waals surface area contributed by atoms with Gasteiger partial charge in [-0.3, -0.25) is 25.4 Å². The molecule has 7 nitrogen and oxygen atoms in total. The molecule has 4 aromatic rings. The van der Waals surface area contributed by atoms with E-state index in [1.807, 2.05) is 36.4 Å². The highest BCUT2D eigenvalue weighted by Crippen LogP contribution is 2.23. The van der Waals surface area contributed by atoms with Crippen LogP contribution in [0.5, 0.6) is 0 Å². The molecule has 0 unspecified atom stereocenters. The Balaban J connectivity index is 1.53. The smallest absolute Gasteiger partial charge is 0.273 e. The van der Waals surface area contributed by atoms with E-state index in [1.165, 1.54) is 0 Å². The topological polar surface area (TPSA) is 88.9 Å². The van der Waals surface area contributed by atoms with Crippen LogP contribution in [-0.4, -0.2) is 26.6 Å². The first-order valence-corrected chi connectivity index (χ1v) is 9.87. The average Bonchev–Trinajstić information content (AvgIpc) is 3.26. The highest BCUT2D eigenvalue weighted by molar-refractivity contribution is 6.30. The van der Waals surface area contributed by atoms with Gasteiger partial charge in [-0.1, -0.05) is 41.9 Å². The van der Waals surface area contributed by atoms with E-state index in [0.29, 0.717) is 21.8 Å². The SMILES string of the molecule is O=C(Cc1ccc(Cl)cc1)NNC(=O)c1cn(-c2ccccc2)nc1-c1cccnc1. The number of benzene rings is 2. The van der Waals surface area contributed by atoms with E-state index in [4.69, 9.17) is 11.6 Å². The van der Waals surface area contributed by atoms with Crippen molar-refractivity contribution in [2.24, 2.45) is 0 Å². The van der Waals surface area contributed by atoms with Gasteiger partial charge in [-0.2, -0.15) is 5.10 Å². The van der Waals surface area contributed by atoms with Crippen LogP contribution in [0, 0.1) is 0 Å². The molecule has 154 valence electrons. The Labute approximate surface area is 183 Å². The summed E-state index contributed by atoms with van der Waals surface area (Å²) < 4.78 is 1.62. The number of aromatic nitrogens is 3. The summed E-state index contributed by atoms with van der Waals surface area (Å²) in [6.45, 7) is 0. The number of amides is 2. The Kier molecular flexibility index (Phi) is 6.05. The van der Waals surface area contributed by atoms with Gasteiger partial charge in [-0.05, 0) is 42.0 Å². The Bertz CT molecular complexity index is 1190. The van der Waals surface area contributed by atoms with E-state index in [9.17, 15) is 9.59 Å². The largest absolute Gasteiger partial charge is 0.273 e. The minimum absolute atomic E-state index is 0.107. The van der Waals surface area contributed by atoms with Crippen LogP contribution in [0.3, 0.4) is 0 Å². The van der Waals surface area contributed by atoms with E-state index in [2.05, 4.69) is 20.9 Å². The van der Waals surface area contributed by atoms with Gasteiger partial charge in [0.1, 0.15) is 5.69 Å². The lowest BCUT2D eigenvalue weighted by atomic mass is 10.1. The molecule has 0 saturated heterocycles. The van der Waals surface area contributed by atoms with Crippen molar-refractivity contribution >= 4 is 23.4 Å². The van der Waals surface area contributed by atoms with Crippen molar-refractivity contribution in [1.82, 2.24) is 25.6 Å². The van der Waals surface area contributed by atoms with Crippen molar-refractivity contribution in [2.75, 3.05) is 0 Å². The monoisotopic (exact) mass is 431 g/mol. The van der Waals surface area contributed by atoms with Crippen LogP contribution in [0.1, 0.15) is 15.9 Å². The first kappa shape index (κ1) is 20.3. The lowest BCUT2D eigenvalue weighted by molar-refractivity contribution is -0.121. The van der Waals surface area contributed by atoms with Crippen LogP contribution >= 0.6 is 11.6 Å². The number of pyridine rings is 1. The number of rotatable bonds is 5. The summed E-state index contributed by atoms with van der Waals surface area (Å²) in [5, 5.41) is 5.16. The normalized spacial score (nSPS) is 10.5. The molecule has 0 aliphatic heterocycles. The van der Waals surface area contributed by atoms with Gasteiger partial charge in [0.15, 0.2) is 0 Å². The molecule has 2 amide bonds. The molecule has 4 rings (SSSR count). The molecule has 0 fully saturated rings. The van der Waals surface area contributed by atoms with E-state index in [0.717, 1.165) is 11.3 Å². The molecule has 0 spiro atoms. The molecule has 2 aromatic carbocycles. The summed E-state index contributed by atoms with van der Waals surface area (Å²) in [7, 11) is 0. The minimum Gasteiger partial charge on any atom is -0.273 e. The zero-order valence-corrected chi connectivity index (χ0v) is 17.1. The Morgan fingerprint density at radius 3 is 2.42 bits per heavy atom. The molecular formula is C23H18ClN5O2. The lowest BCUT2D eigenvalue weighted by Gasteiger charge is -2.07. The van der Waals surface area contributed by atoms with Crippen LogP contribution < -0.4 is 10.9 Å². The molecule has 31 heavy (non-hydrogen) atoms. The van der Waals surface area contributed by atoms with Crippen molar-refractivity contribution < 1.29 is 9.59 Å². The Morgan fingerprint density at radius 1 is 0.935 bits per heavy atom. The maximum atomic E-state index is 12.9. The maximum Gasteiger partial charge on any atom is 0.273 e. The third kappa shape index (κ3) is 4.96. The Hall–Kier alpha value is -3.97. The number of hydrazine groups is 1. The summed E-state index contributed by atoms with van der Waals surface area (Å²) in [5.41, 5.74) is 7.96. The van der Waals surface area contributed by atoms with Gasteiger partial charge in [0, 0.05) is 29.2 Å². The maximum absolute atomic E-state index is 12.9. The number of hydrogen-bond acceptors (Lipinski definition) is 4. The van der Waals surface area contributed by atoms with E-state index >= 15 is 0 Å². The van der Waals surface area contributed by atoms with Crippen LogP contribution in [0.25, 0.3) is 16.9 Å². The van der Waals surface area contributed by atoms with Gasteiger partial charge in [-0.15, -0.1) is 0 Å². The number of carbonyl (C=O) groups is 2. The number of para-hydroxylation sites is 1. The summed E-state index contributed by atoms with van der Waals surface area (Å²) >= 11 is 5.86. The van der Waals surface area contributed by atoms with Crippen LogP contribution in [0.15, 0.2) is 85.3 Å². The second kappa shape index (κ2) is 9.23. The molecule has 0 saturated carbocycles. The van der Waals surface area contributed by atoms with Gasteiger partial charge in [0.25, 0.3) is 5.91 Å². The number of nitrogens with one attached hydrogen (secondary N) is 2. The predicted octanol–water partition coefficient (Wildman–Crippen LogP) is 3.59. The zero-order chi connectivity index (χ0) is 21.6. The van der Waals surface area contributed by atoms with Crippen molar-refractivity contribution in [3.8, 4) is 16.9 Å². The fraction of sp³-hybridized carbons (Fsp3) is 0.0435. The first-order valence-electron chi connectivity index (χ1n) is 9.49. The highest BCUT2D eigenvalue weighted by atomic mass is 35.5. The number of carbonyl (C=O) groups excluding carboxylic acids is 2. The molecule has 8 heteroatoms. The van der Waals surface area contributed by atoms with Crippen LogP contribution in [0.4, 0.5) is 0 Å². The van der Waals surface area contributed by atoms with Crippen molar-refractivity contribution in [3.63, 3.8) is 0 Å². The molecule has 2 aromatic heterocycles. The minimum atomic E-state index is -0.481. The lowest BCUT2D eigenvalue weighted by Crippen LogP contribution is -2.42. The summed E-state index contributed by atoms with van der Waals surface area (Å²) in [6.07, 6.45) is 5.01. The predicted molar refractivity (Wildman–Crippen MR) is 118 cm³/mol. The van der Waals surface area contributed by atoms with Crippen molar-refractivity contribution in [3.05, 3.63) is 101 Å². The van der Waals surface area contributed by atoms with Gasteiger partial charge in [-0.25, -0.2) is 4.68 Å². The number of hydrogen-bond donors (Lipinski definition) is 2. The summed E-state index contributed by atoms with van der Waals surface area (Å²) in [4.78, 5) is 29.2. The third-order valence-corrected chi connectivity index (χ3v) is 4.76. The third-order valence-electron chi connectivity index (χ3n) is 4.51. The molecular weight excluding hydrogens is 414 g/mol. The number of halogens is 1. The molecule has 0 aliphatic carbocycles. The zero-order valence-electron chi connectivity index (χ0n) is 16.3. The van der Waals surface area contributed by atoms with Crippen molar-refractivity contribution in [2.45, 2.75) is 6.42 Å². The number of nitrogens with zero attached hydrogens (tertiary/aromatic N) is 3. The first-order chi connectivity index (χ1) is 15.1. The summed E-state index contributed by atoms with van der Waals surface area (Å²) in [6, 6.07) is 20.0. The molecule has 2 N–H and O–H groups in total. The second-order valence-corrected chi connectivity index (χ2v) is 7.16. The average molecular weight is 432 g/mol. The van der Waals surface area contributed by atoms with Crippen molar-refractivity contribution in [1.29, 1.82) is 0 Å². The standard InChI is InChI=1S/C23H18ClN5O2/c24-18-10-8-16(9-11-18)13-21(30)26-27-23(31)20-15-29(19-6-2-1-3-7-19)28-22(20)17-5-4-12-25-14-17/h1-12,14-15H,13H2,(H,26,30)(H,27,31). The summed E-state index contributed by atoms with van der Waals surface area (Å²) in [5.74, 6) is -0.834. The van der Waals surface area contributed by atoms with Gasteiger partial charge in [0.2, 0.25) is 5.91 Å². The fourth-order valence-electron chi connectivity index (χ4n) is 2.99. The van der Waals surface area contributed by atoms with E-state index in [-0.39, 0.29) is 12.3 Å². The second-order valence-electron chi connectivity index (χ2n) is 6.72. The molecule has 0 atom stereocenters. The quantitative estimate of drug-likeness (QED) is 0.472. The Morgan fingerprint density at radius 2 is 1.71 bits per heavy atom.